The highest BCUT2D eigenvalue weighted by atomic mass is 35.5. The molecule has 0 bridgehead atoms. The third kappa shape index (κ3) is 0.940. The summed E-state index contributed by atoms with van der Waals surface area (Å²) in [7, 11) is 1.81. The highest BCUT2D eigenvalue weighted by Crippen LogP contribution is 2.56. The monoisotopic (exact) mass is 174 g/mol. The molecule has 0 heterocycles. The average Bonchev–Trinajstić information content (AvgIpc) is 2.50. The van der Waals surface area contributed by atoms with E-state index in [-0.39, 0.29) is 0 Å². The number of rotatable bonds is 1. The van der Waals surface area contributed by atoms with Crippen molar-refractivity contribution >= 4 is 11.6 Å². The fourth-order valence-corrected chi connectivity index (χ4v) is 3.22. The summed E-state index contributed by atoms with van der Waals surface area (Å²) in [5, 5.41) is 0.398. The maximum Gasteiger partial charge on any atom is 0.0655 e. The molecule has 2 fully saturated rings. The molecule has 2 unspecified atom stereocenters. The third-order valence-corrected chi connectivity index (χ3v) is 4.12. The minimum absolute atomic E-state index is 0.385. The van der Waals surface area contributed by atoms with Crippen LogP contribution in [0.25, 0.3) is 0 Å². The minimum Gasteiger partial charge on any atom is -0.381 e. The van der Waals surface area contributed by atoms with Crippen LogP contribution >= 0.6 is 11.6 Å². The Balaban J connectivity index is 2.08. The summed E-state index contributed by atoms with van der Waals surface area (Å²) in [6.07, 6.45) is 6.82. The Kier molecular flexibility index (Phi) is 1.89. The molecule has 0 aromatic heterocycles. The molecule has 2 heteroatoms. The largest absolute Gasteiger partial charge is 0.381 e. The van der Waals surface area contributed by atoms with Crippen LogP contribution in [0.3, 0.4) is 0 Å². The molecule has 0 aromatic rings. The maximum absolute atomic E-state index is 6.21. The predicted octanol–water partition coefficient (Wildman–Crippen LogP) is 2.57. The molecule has 2 aliphatic rings. The van der Waals surface area contributed by atoms with Gasteiger partial charge in [-0.15, -0.1) is 11.6 Å². The van der Waals surface area contributed by atoms with Gasteiger partial charge in [0.2, 0.25) is 0 Å². The molecule has 2 rings (SSSR count). The fraction of sp³-hybridized carbons (Fsp3) is 1.00. The van der Waals surface area contributed by atoms with Gasteiger partial charge in [0.1, 0.15) is 0 Å². The van der Waals surface area contributed by atoms with Crippen molar-refractivity contribution in [2.24, 2.45) is 5.41 Å². The van der Waals surface area contributed by atoms with Gasteiger partial charge in [-0.25, -0.2) is 0 Å². The van der Waals surface area contributed by atoms with E-state index in [1.165, 1.54) is 25.7 Å². The lowest BCUT2D eigenvalue weighted by molar-refractivity contribution is -0.0823. The van der Waals surface area contributed by atoms with E-state index in [1.807, 2.05) is 7.11 Å². The lowest BCUT2D eigenvalue weighted by Gasteiger charge is -2.50. The zero-order chi connectivity index (χ0) is 7.90. The Bertz CT molecular complexity index is 152. The van der Waals surface area contributed by atoms with Gasteiger partial charge in [0, 0.05) is 17.9 Å². The van der Waals surface area contributed by atoms with E-state index in [2.05, 4.69) is 0 Å². The minimum atomic E-state index is 0.385. The van der Waals surface area contributed by atoms with Crippen LogP contribution in [0.4, 0.5) is 0 Å². The van der Waals surface area contributed by atoms with Gasteiger partial charge in [-0.2, -0.15) is 0 Å². The van der Waals surface area contributed by atoms with Crippen LogP contribution in [0.1, 0.15) is 32.1 Å². The van der Waals surface area contributed by atoms with Gasteiger partial charge >= 0.3 is 0 Å². The van der Waals surface area contributed by atoms with Crippen LogP contribution < -0.4 is 0 Å². The standard InChI is InChI=1S/C9H15ClO/c1-11-8-6-7(10)9(8)4-2-3-5-9/h7-8H,2-6H2,1H3. The first kappa shape index (κ1) is 7.88. The smallest absolute Gasteiger partial charge is 0.0655 e. The summed E-state index contributed by atoms with van der Waals surface area (Å²) in [6, 6.07) is 0. The highest BCUT2D eigenvalue weighted by molar-refractivity contribution is 6.21. The second kappa shape index (κ2) is 2.63. The summed E-state index contributed by atoms with van der Waals surface area (Å²) in [5.41, 5.74) is 0.385. The summed E-state index contributed by atoms with van der Waals surface area (Å²) < 4.78 is 5.41. The molecule has 2 atom stereocenters. The van der Waals surface area contributed by atoms with Crippen molar-refractivity contribution < 1.29 is 4.74 Å². The lowest BCUT2D eigenvalue weighted by atomic mass is 9.64. The van der Waals surface area contributed by atoms with Crippen LogP contribution in [0, 0.1) is 5.41 Å². The zero-order valence-corrected chi connectivity index (χ0v) is 7.73. The van der Waals surface area contributed by atoms with E-state index in [1.54, 1.807) is 0 Å². The van der Waals surface area contributed by atoms with Gasteiger partial charge < -0.3 is 4.74 Å². The van der Waals surface area contributed by atoms with Crippen molar-refractivity contribution in [1.82, 2.24) is 0 Å². The van der Waals surface area contributed by atoms with Crippen LogP contribution in [0.15, 0.2) is 0 Å². The van der Waals surface area contributed by atoms with E-state index in [4.69, 9.17) is 16.3 Å². The van der Waals surface area contributed by atoms with Crippen LogP contribution in [-0.4, -0.2) is 18.6 Å². The van der Waals surface area contributed by atoms with E-state index in [9.17, 15) is 0 Å². The quantitative estimate of drug-likeness (QED) is 0.556. The number of halogens is 1. The van der Waals surface area contributed by atoms with E-state index in [0.717, 1.165) is 6.42 Å². The topological polar surface area (TPSA) is 9.23 Å². The Morgan fingerprint density at radius 1 is 1.36 bits per heavy atom. The number of ether oxygens (including phenoxy) is 1. The van der Waals surface area contributed by atoms with Gasteiger partial charge in [-0.05, 0) is 19.3 Å². The number of hydrogen-bond acceptors (Lipinski definition) is 1. The van der Waals surface area contributed by atoms with Crippen molar-refractivity contribution in [3.05, 3.63) is 0 Å². The molecule has 0 N–H and O–H groups in total. The SMILES string of the molecule is COC1CC(Cl)C12CCCC2. The number of hydrogen-bond donors (Lipinski definition) is 0. The molecule has 0 aliphatic heterocycles. The van der Waals surface area contributed by atoms with Crippen molar-refractivity contribution in [1.29, 1.82) is 0 Å². The molecule has 0 radical (unpaired) electrons. The third-order valence-electron chi connectivity index (χ3n) is 3.51. The summed E-state index contributed by atoms with van der Waals surface area (Å²) in [4.78, 5) is 0. The Morgan fingerprint density at radius 2 is 2.00 bits per heavy atom. The van der Waals surface area contributed by atoms with Crippen molar-refractivity contribution in [3.8, 4) is 0 Å². The first-order chi connectivity index (χ1) is 5.29. The Labute approximate surface area is 73.1 Å². The molecular formula is C9H15ClO. The molecule has 11 heavy (non-hydrogen) atoms. The lowest BCUT2D eigenvalue weighted by Crippen LogP contribution is -2.53. The van der Waals surface area contributed by atoms with Crippen molar-refractivity contribution in [2.75, 3.05) is 7.11 Å². The molecule has 64 valence electrons. The van der Waals surface area contributed by atoms with Gasteiger partial charge in [-0.1, -0.05) is 12.8 Å². The van der Waals surface area contributed by atoms with Crippen molar-refractivity contribution in [2.45, 2.75) is 43.6 Å². The van der Waals surface area contributed by atoms with Crippen molar-refractivity contribution in [3.63, 3.8) is 0 Å². The normalized spacial score (nSPS) is 40.9. The second-order valence-electron chi connectivity index (χ2n) is 3.87. The average molecular weight is 175 g/mol. The van der Waals surface area contributed by atoms with Gasteiger partial charge in [0.25, 0.3) is 0 Å². The molecule has 1 spiro atoms. The highest BCUT2D eigenvalue weighted by Gasteiger charge is 2.55. The van der Waals surface area contributed by atoms with Crippen LogP contribution in [-0.2, 0) is 4.74 Å². The molecule has 1 nitrogen and oxygen atoms in total. The van der Waals surface area contributed by atoms with E-state index < -0.39 is 0 Å². The summed E-state index contributed by atoms with van der Waals surface area (Å²) in [5.74, 6) is 0. The fourth-order valence-electron chi connectivity index (χ4n) is 2.70. The zero-order valence-electron chi connectivity index (χ0n) is 6.98. The number of alkyl halides is 1. The molecular weight excluding hydrogens is 160 g/mol. The molecule has 0 aromatic carbocycles. The maximum atomic E-state index is 6.21. The predicted molar refractivity (Wildman–Crippen MR) is 46.0 cm³/mol. The second-order valence-corrected chi connectivity index (χ2v) is 4.39. The molecule has 2 saturated carbocycles. The molecule has 0 saturated heterocycles. The summed E-state index contributed by atoms with van der Waals surface area (Å²) >= 11 is 6.21. The Morgan fingerprint density at radius 3 is 2.45 bits per heavy atom. The van der Waals surface area contributed by atoms with Crippen LogP contribution in [0.5, 0.6) is 0 Å². The van der Waals surface area contributed by atoms with Gasteiger partial charge in [0.05, 0.1) is 6.10 Å². The van der Waals surface area contributed by atoms with E-state index in [0.29, 0.717) is 16.9 Å². The van der Waals surface area contributed by atoms with Crippen LogP contribution in [0.2, 0.25) is 0 Å². The number of methoxy groups -OCH3 is 1. The van der Waals surface area contributed by atoms with Gasteiger partial charge in [-0.3, -0.25) is 0 Å². The van der Waals surface area contributed by atoms with Gasteiger partial charge in [0.15, 0.2) is 0 Å². The first-order valence-electron chi connectivity index (χ1n) is 4.46. The Hall–Kier alpha value is 0.250. The molecule has 2 aliphatic carbocycles. The molecule has 0 amide bonds. The summed E-state index contributed by atoms with van der Waals surface area (Å²) in [6.45, 7) is 0. The van der Waals surface area contributed by atoms with E-state index >= 15 is 0 Å². The first-order valence-corrected chi connectivity index (χ1v) is 4.90.